The standard InChI is InChI=1S/C22H26N4O4/c1-28-21-8-3-2-7-20(21)26-11-9-25(10-12-26)14-18(27)15-29-19-6-4-5-17(13-19)22-24-23-16-30-22/h2-8,13,16,18,27H,9-12,14-15H2,1H3. The van der Waals surface area contributed by atoms with E-state index in [0.29, 0.717) is 18.2 Å². The Hall–Kier alpha value is -3.10. The highest BCUT2D eigenvalue weighted by atomic mass is 16.5. The lowest BCUT2D eigenvalue weighted by Gasteiger charge is -2.37. The van der Waals surface area contributed by atoms with Crippen molar-refractivity contribution in [2.75, 3.05) is 51.3 Å². The molecule has 1 saturated heterocycles. The molecule has 158 valence electrons. The molecule has 1 aromatic heterocycles. The minimum atomic E-state index is -0.574. The fraction of sp³-hybridized carbons (Fsp3) is 0.364. The van der Waals surface area contributed by atoms with Gasteiger partial charge in [0.25, 0.3) is 0 Å². The van der Waals surface area contributed by atoms with Gasteiger partial charge in [-0.25, -0.2) is 0 Å². The van der Waals surface area contributed by atoms with Gasteiger partial charge in [-0.1, -0.05) is 18.2 Å². The fourth-order valence-corrected chi connectivity index (χ4v) is 3.62. The number of ether oxygens (including phenoxy) is 2. The maximum Gasteiger partial charge on any atom is 0.247 e. The molecule has 1 aliphatic heterocycles. The minimum Gasteiger partial charge on any atom is -0.495 e. The van der Waals surface area contributed by atoms with E-state index in [9.17, 15) is 5.11 Å². The molecule has 0 bridgehead atoms. The summed E-state index contributed by atoms with van der Waals surface area (Å²) in [5, 5.41) is 18.0. The summed E-state index contributed by atoms with van der Waals surface area (Å²) in [6.45, 7) is 4.33. The van der Waals surface area contributed by atoms with Crippen LogP contribution in [0.15, 0.2) is 59.3 Å². The van der Waals surface area contributed by atoms with Crippen LogP contribution < -0.4 is 14.4 Å². The van der Waals surface area contributed by atoms with Crippen molar-refractivity contribution in [1.82, 2.24) is 15.1 Å². The topological polar surface area (TPSA) is 84.1 Å². The first-order chi connectivity index (χ1) is 14.7. The normalized spacial score (nSPS) is 15.7. The van der Waals surface area contributed by atoms with Crippen molar-refractivity contribution in [3.8, 4) is 23.0 Å². The van der Waals surface area contributed by atoms with E-state index in [4.69, 9.17) is 13.9 Å². The summed E-state index contributed by atoms with van der Waals surface area (Å²) in [6, 6.07) is 15.5. The van der Waals surface area contributed by atoms with Crippen LogP contribution in [0.2, 0.25) is 0 Å². The predicted octanol–water partition coefficient (Wildman–Crippen LogP) is 2.31. The number of methoxy groups -OCH3 is 1. The third kappa shape index (κ3) is 4.90. The van der Waals surface area contributed by atoms with Gasteiger partial charge in [0.2, 0.25) is 12.3 Å². The van der Waals surface area contributed by atoms with Gasteiger partial charge in [0.05, 0.1) is 12.8 Å². The number of rotatable bonds is 8. The maximum absolute atomic E-state index is 10.4. The Balaban J connectivity index is 1.25. The number of para-hydroxylation sites is 2. The van der Waals surface area contributed by atoms with Crippen molar-refractivity contribution in [3.05, 3.63) is 54.9 Å². The average Bonchev–Trinajstić information content (AvgIpc) is 3.34. The Bertz CT molecular complexity index is 926. The zero-order valence-corrected chi connectivity index (χ0v) is 17.0. The second kappa shape index (κ2) is 9.60. The lowest BCUT2D eigenvalue weighted by molar-refractivity contribution is 0.0663. The molecule has 0 amide bonds. The van der Waals surface area contributed by atoms with Crippen molar-refractivity contribution in [2.45, 2.75) is 6.10 Å². The van der Waals surface area contributed by atoms with Crippen LogP contribution in [0.3, 0.4) is 0 Å². The van der Waals surface area contributed by atoms with E-state index >= 15 is 0 Å². The first-order valence-electron chi connectivity index (χ1n) is 10.0. The Morgan fingerprint density at radius 3 is 2.70 bits per heavy atom. The molecule has 1 N–H and O–H groups in total. The Labute approximate surface area is 175 Å². The van der Waals surface area contributed by atoms with Gasteiger partial charge < -0.3 is 23.9 Å². The highest BCUT2D eigenvalue weighted by molar-refractivity contribution is 5.58. The van der Waals surface area contributed by atoms with Crippen molar-refractivity contribution in [1.29, 1.82) is 0 Å². The second-order valence-electron chi connectivity index (χ2n) is 7.20. The predicted molar refractivity (Wildman–Crippen MR) is 113 cm³/mol. The first kappa shape index (κ1) is 20.2. The van der Waals surface area contributed by atoms with Crippen LogP contribution in [-0.2, 0) is 0 Å². The van der Waals surface area contributed by atoms with Crippen molar-refractivity contribution < 1.29 is 19.0 Å². The van der Waals surface area contributed by atoms with E-state index in [2.05, 4.69) is 26.1 Å². The highest BCUT2D eigenvalue weighted by Crippen LogP contribution is 2.28. The van der Waals surface area contributed by atoms with Gasteiger partial charge in [0.1, 0.15) is 24.2 Å². The number of aliphatic hydroxyl groups excluding tert-OH is 1. The number of β-amino-alcohol motifs (C(OH)–C–C–N with tert-alkyl or cyclic N) is 1. The molecular formula is C22H26N4O4. The maximum atomic E-state index is 10.4. The molecule has 0 spiro atoms. The lowest BCUT2D eigenvalue weighted by Crippen LogP contribution is -2.49. The number of benzene rings is 2. The molecule has 3 aromatic rings. The molecule has 2 aromatic carbocycles. The SMILES string of the molecule is COc1ccccc1N1CCN(CC(O)COc2cccc(-c3nnco3)c2)CC1. The van der Waals surface area contributed by atoms with E-state index in [1.54, 1.807) is 7.11 Å². The molecule has 8 nitrogen and oxygen atoms in total. The molecule has 1 aliphatic rings. The number of piperazine rings is 1. The molecule has 1 fully saturated rings. The van der Waals surface area contributed by atoms with Gasteiger partial charge in [0, 0.05) is 38.3 Å². The average molecular weight is 410 g/mol. The first-order valence-corrected chi connectivity index (χ1v) is 10.0. The van der Waals surface area contributed by atoms with Gasteiger partial charge in [-0.2, -0.15) is 0 Å². The zero-order valence-electron chi connectivity index (χ0n) is 17.0. The van der Waals surface area contributed by atoms with Crippen LogP contribution >= 0.6 is 0 Å². The highest BCUT2D eigenvalue weighted by Gasteiger charge is 2.21. The summed E-state index contributed by atoms with van der Waals surface area (Å²) in [5.74, 6) is 1.99. The molecule has 2 heterocycles. The van der Waals surface area contributed by atoms with Gasteiger partial charge in [0.15, 0.2) is 0 Å². The largest absolute Gasteiger partial charge is 0.495 e. The monoisotopic (exact) mass is 410 g/mol. The summed E-state index contributed by atoms with van der Waals surface area (Å²) in [5.41, 5.74) is 1.90. The third-order valence-corrected chi connectivity index (χ3v) is 5.15. The number of nitrogens with zero attached hydrogens (tertiary/aromatic N) is 4. The van der Waals surface area contributed by atoms with E-state index in [0.717, 1.165) is 43.2 Å². The minimum absolute atomic E-state index is 0.222. The molecule has 0 saturated carbocycles. The Morgan fingerprint density at radius 2 is 1.93 bits per heavy atom. The lowest BCUT2D eigenvalue weighted by atomic mass is 10.2. The van der Waals surface area contributed by atoms with Crippen molar-refractivity contribution in [2.24, 2.45) is 0 Å². The molecule has 8 heteroatoms. The van der Waals surface area contributed by atoms with Gasteiger partial charge >= 0.3 is 0 Å². The smallest absolute Gasteiger partial charge is 0.247 e. The number of hydrogen-bond donors (Lipinski definition) is 1. The van der Waals surface area contributed by atoms with Crippen LogP contribution in [0.4, 0.5) is 5.69 Å². The zero-order chi connectivity index (χ0) is 20.8. The number of hydrogen-bond acceptors (Lipinski definition) is 8. The molecular weight excluding hydrogens is 384 g/mol. The summed E-state index contributed by atoms with van der Waals surface area (Å²) < 4.78 is 16.5. The molecule has 1 atom stereocenters. The van der Waals surface area contributed by atoms with Crippen molar-refractivity contribution >= 4 is 5.69 Å². The van der Waals surface area contributed by atoms with Gasteiger partial charge in [-0.15, -0.1) is 10.2 Å². The van der Waals surface area contributed by atoms with Crippen LogP contribution in [0.5, 0.6) is 11.5 Å². The Kier molecular flexibility index (Phi) is 6.46. The molecule has 4 rings (SSSR count). The third-order valence-electron chi connectivity index (χ3n) is 5.15. The fourth-order valence-electron chi connectivity index (χ4n) is 3.62. The van der Waals surface area contributed by atoms with Crippen LogP contribution in [0.1, 0.15) is 0 Å². The molecule has 0 aliphatic carbocycles. The van der Waals surface area contributed by atoms with Crippen LogP contribution in [-0.4, -0.2) is 72.7 Å². The molecule has 30 heavy (non-hydrogen) atoms. The van der Waals surface area contributed by atoms with E-state index in [1.165, 1.54) is 6.39 Å². The molecule has 0 radical (unpaired) electrons. The Morgan fingerprint density at radius 1 is 1.10 bits per heavy atom. The number of aliphatic hydroxyl groups is 1. The number of anilines is 1. The summed E-state index contributed by atoms with van der Waals surface area (Å²) in [4.78, 5) is 4.58. The summed E-state index contributed by atoms with van der Waals surface area (Å²) in [7, 11) is 1.70. The quantitative estimate of drug-likeness (QED) is 0.606. The van der Waals surface area contributed by atoms with Crippen LogP contribution in [0, 0.1) is 0 Å². The van der Waals surface area contributed by atoms with Gasteiger partial charge in [-0.3, -0.25) is 4.90 Å². The molecule has 1 unspecified atom stereocenters. The summed E-state index contributed by atoms with van der Waals surface area (Å²) in [6.07, 6.45) is 0.718. The van der Waals surface area contributed by atoms with E-state index < -0.39 is 6.10 Å². The summed E-state index contributed by atoms with van der Waals surface area (Å²) >= 11 is 0. The van der Waals surface area contributed by atoms with Gasteiger partial charge in [-0.05, 0) is 30.3 Å². The van der Waals surface area contributed by atoms with E-state index in [1.807, 2.05) is 42.5 Å². The van der Waals surface area contributed by atoms with Crippen LogP contribution in [0.25, 0.3) is 11.5 Å². The number of aromatic nitrogens is 2. The van der Waals surface area contributed by atoms with E-state index in [-0.39, 0.29) is 6.61 Å². The van der Waals surface area contributed by atoms with Crippen molar-refractivity contribution in [3.63, 3.8) is 0 Å². The second-order valence-corrected chi connectivity index (χ2v) is 7.20.